The summed E-state index contributed by atoms with van der Waals surface area (Å²) in [6.07, 6.45) is 1.81. The van der Waals surface area contributed by atoms with Crippen LogP contribution in [0.1, 0.15) is 19.4 Å². The van der Waals surface area contributed by atoms with Crippen LogP contribution in [0.3, 0.4) is 0 Å². The Bertz CT molecular complexity index is 1030. The minimum absolute atomic E-state index is 0.0665. The Kier molecular flexibility index (Phi) is 8.76. The van der Waals surface area contributed by atoms with E-state index in [9.17, 15) is 4.79 Å². The van der Waals surface area contributed by atoms with E-state index in [1.165, 1.54) is 17.4 Å². The lowest BCUT2D eigenvalue weighted by molar-refractivity contribution is -0.118. The molecule has 2 aromatic carbocycles. The van der Waals surface area contributed by atoms with Crippen LogP contribution in [0.2, 0.25) is 5.02 Å². The van der Waals surface area contributed by atoms with Crippen LogP contribution in [0.4, 0.5) is 5.69 Å². The number of hydrogen-bond donors (Lipinski definition) is 1. The van der Waals surface area contributed by atoms with Gasteiger partial charge in [-0.05, 0) is 55.8 Å². The van der Waals surface area contributed by atoms with Crippen molar-refractivity contribution < 1.29 is 4.79 Å². The summed E-state index contributed by atoms with van der Waals surface area (Å²) in [6.45, 7) is 11.1. The Hall–Kier alpha value is -2.77. The molecule has 0 saturated heterocycles. The first kappa shape index (κ1) is 23.9. The Balaban J connectivity index is 1.65. The molecule has 1 N–H and O–H groups in total. The van der Waals surface area contributed by atoms with Crippen LogP contribution in [0.15, 0.2) is 66.3 Å². The number of nitrogens with zero attached hydrogens (tertiary/aromatic N) is 4. The van der Waals surface area contributed by atoms with E-state index < -0.39 is 0 Å². The second-order valence-corrected chi connectivity index (χ2v) is 8.50. The first-order chi connectivity index (χ1) is 15.5. The fraction of sp³-hybridized carbons (Fsp3) is 0.292. The van der Waals surface area contributed by atoms with Gasteiger partial charge in [0.05, 0.1) is 5.75 Å². The molecule has 168 valence electrons. The van der Waals surface area contributed by atoms with Gasteiger partial charge >= 0.3 is 0 Å². The van der Waals surface area contributed by atoms with Gasteiger partial charge in [0.2, 0.25) is 5.91 Å². The molecule has 1 amide bonds. The summed E-state index contributed by atoms with van der Waals surface area (Å²) in [4.78, 5) is 14.6. The fourth-order valence-corrected chi connectivity index (χ4v) is 4.20. The summed E-state index contributed by atoms with van der Waals surface area (Å²) < 4.78 is 1.98. The van der Waals surface area contributed by atoms with E-state index in [2.05, 4.69) is 65.1 Å². The molecule has 0 atom stereocenters. The van der Waals surface area contributed by atoms with Gasteiger partial charge in [0.1, 0.15) is 0 Å². The van der Waals surface area contributed by atoms with E-state index in [4.69, 9.17) is 11.6 Å². The van der Waals surface area contributed by atoms with Crippen molar-refractivity contribution in [1.82, 2.24) is 20.1 Å². The van der Waals surface area contributed by atoms with E-state index in [-0.39, 0.29) is 11.7 Å². The Labute approximate surface area is 198 Å². The molecule has 1 heterocycles. The highest BCUT2D eigenvalue weighted by atomic mass is 35.5. The van der Waals surface area contributed by atoms with Gasteiger partial charge in [-0.15, -0.1) is 16.8 Å². The molecule has 0 aliphatic rings. The molecule has 0 unspecified atom stereocenters. The molecule has 1 aromatic heterocycles. The number of carbonyl (C=O) groups excluding carboxylic acids is 1. The van der Waals surface area contributed by atoms with Crippen molar-refractivity contribution in [2.75, 3.05) is 23.7 Å². The molecular weight excluding hydrogens is 442 g/mol. The van der Waals surface area contributed by atoms with Gasteiger partial charge in [-0.25, -0.2) is 0 Å². The van der Waals surface area contributed by atoms with Crippen LogP contribution in [-0.2, 0) is 17.9 Å². The van der Waals surface area contributed by atoms with Gasteiger partial charge in [0, 0.05) is 42.5 Å². The zero-order chi connectivity index (χ0) is 22.9. The normalized spacial score (nSPS) is 10.7. The van der Waals surface area contributed by atoms with E-state index in [1.807, 2.05) is 34.9 Å². The number of halogens is 1. The number of benzene rings is 2. The smallest absolute Gasteiger partial charge is 0.230 e. The van der Waals surface area contributed by atoms with E-state index in [0.717, 1.165) is 30.0 Å². The molecule has 32 heavy (non-hydrogen) atoms. The molecular formula is C24H28ClN5OS. The number of amides is 1. The molecule has 6 nitrogen and oxygen atoms in total. The molecule has 0 bridgehead atoms. The van der Waals surface area contributed by atoms with Crippen LogP contribution in [0.5, 0.6) is 0 Å². The predicted octanol–water partition coefficient (Wildman–Crippen LogP) is 5.04. The molecule has 0 aliphatic carbocycles. The van der Waals surface area contributed by atoms with E-state index in [0.29, 0.717) is 23.3 Å². The third-order valence-electron chi connectivity index (χ3n) is 5.02. The lowest BCUT2D eigenvalue weighted by Crippen LogP contribution is -2.24. The summed E-state index contributed by atoms with van der Waals surface area (Å²) in [5.74, 6) is 0.951. The van der Waals surface area contributed by atoms with Crippen molar-refractivity contribution in [1.29, 1.82) is 0 Å². The van der Waals surface area contributed by atoms with Crippen LogP contribution >= 0.6 is 23.4 Å². The monoisotopic (exact) mass is 469 g/mol. The number of allylic oxidation sites excluding steroid dienone is 1. The minimum atomic E-state index is -0.0665. The summed E-state index contributed by atoms with van der Waals surface area (Å²) in [5, 5.41) is 13.0. The van der Waals surface area contributed by atoms with Crippen molar-refractivity contribution in [2.24, 2.45) is 0 Å². The number of nitrogens with one attached hydrogen (secondary N) is 1. The Morgan fingerprint density at radius 3 is 2.44 bits per heavy atom. The highest BCUT2D eigenvalue weighted by Gasteiger charge is 2.15. The summed E-state index contributed by atoms with van der Waals surface area (Å²) in [6, 6.07) is 15.7. The van der Waals surface area contributed by atoms with Gasteiger partial charge in [-0.2, -0.15) is 0 Å². The average Bonchev–Trinajstić information content (AvgIpc) is 3.21. The number of rotatable bonds is 11. The van der Waals surface area contributed by atoms with Crippen molar-refractivity contribution in [3.05, 3.63) is 71.8 Å². The molecule has 0 fully saturated rings. The van der Waals surface area contributed by atoms with Crippen LogP contribution in [-0.4, -0.2) is 39.5 Å². The van der Waals surface area contributed by atoms with Gasteiger partial charge in [0.15, 0.2) is 11.0 Å². The largest absolute Gasteiger partial charge is 0.372 e. The summed E-state index contributed by atoms with van der Waals surface area (Å²) in [5.41, 5.74) is 3.16. The van der Waals surface area contributed by atoms with Crippen LogP contribution in [0.25, 0.3) is 11.4 Å². The molecule has 0 saturated carbocycles. The average molecular weight is 470 g/mol. The zero-order valence-corrected chi connectivity index (χ0v) is 20.0. The summed E-state index contributed by atoms with van der Waals surface area (Å²) >= 11 is 7.26. The second kappa shape index (κ2) is 11.7. The van der Waals surface area contributed by atoms with Gasteiger partial charge in [-0.3, -0.25) is 9.36 Å². The summed E-state index contributed by atoms with van der Waals surface area (Å²) in [7, 11) is 0. The lowest BCUT2D eigenvalue weighted by atomic mass is 10.2. The van der Waals surface area contributed by atoms with Gasteiger partial charge in [0.25, 0.3) is 0 Å². The molecule has 3 aromatic rings. The first-order valence-corrected chi connectivity index (χ1v) is 12.0. The Morgan fingerprint density at radius 1 is 1.12 bits per heavy atom. The molecule has 0 radical (unpaired) electrons. The molecule has 8 heteroatoms. The molecule has 3 rings (SSSR count). The molecule has 0 aliphatic heterocycles. The minimum Gasteiger partial charge on any atom is -0.372 e. The predicted molar refractivity (Wildman–Crippen MR) is 133 cm³/mol. The highest BCUT2D eigenvalue weighted by molar-refractivity contribution is 7.99. The second-order valence-electron chi connectivity index (χ2n) is 7.12. The standard InChI is InChI=1S/C24H28ClN5OS/c1-4-15-30-23(19-9-13-21(14-10-19)29(5-2)6-3)27-28-24(30)32-17-22(31)26-16-18-7-11-20(25)12-8-18/h4,7-14H,1,5-6,15-17H2,2-3H3,(H,26,31). The quantitative estimate of drug-likeness (QED) is 0.315. The van der Waals surface area contributed by atoms with Crippen LogP contribution in [0, 0.1) is 0 Å². The lowest BCUT2D eigenvalue weighted by Gasteiger charge is -2.21. The highest BCUT2D eigenvalue weighted by Crippen LogP contribution is 2.26. The van der Waals surface area contributed by atoms with Crippen molar-refractivity contribution in [3.63, 3.8) is 0 Å². The maximum Gasteiger partial charge on any atom is 0.230 e. The van der Waals surface area contributed by atoms with Crippen molar-refractivity contribution >= 4 is 35.0 Å². The van der Waals surface area contributed by atoms with Crippen molar-refractivity contribution in [3.8, 4) is 11.4 Å². The van der Waals surface area contributed by atoms with E-state index in [1.54, 1.807) is 0 Å². The topological polar surface area (TPSA) is 63.1 Å². The fourth-order valence-electron chi connectivity index (χ4n) is 3.30. The van der Waals surface area contributed by atoms with Crippen molar-refractivity contribution in [2.45, 2.75) is 32.1 Å². The number of carbonyl (C=O) groups is 1. The third-order valence-corrected chi connectivity index (χ3v) is 6.24. The molecule has 0 spiro atoms. The maximum absolute atomic E-state index is 12.3. The number of anilines is 1. The van der Waals surface area contributed by atoms with Gasteiger partial charge in [-0.1, -0.05) is 41.6 Å². The number of thioether (sulfide) groups is 1. The first-order valence-electron chi connectivity index (χ1n) is 10.6. The maximum atomic E-state index is 12.3. The zero-order valence-electron chi connectivity index (χ0n) is 18.4. The van der Waals surface area contributed by atoms with Gasteiger partial charge < -0.3 is 10.2 Å². The third kappa shape index (κ3) is 6.14. The number of hydrogen-bond acceptors (Lipinski definition) is 5. The van der Waals surface area contributed by atoms with Crippen LogP contribution < -0.4 is 10.2 Å². The number of aromatic nitrogens is 3. The van der Waals surface area contributed by atoms with E-state index >= 15 is 0 Å². The Morgan fingerprint density at radius 2 is 1.81 bits per heavy atom. The SMILES string of the molecule is C=CCn1c(SCC(=O)NCc2ccc(Cl)cc2)nnc1-c1ccc(N(CC)CC)cc1.